The number of carbonyl (C=O) groups excluding carboxylic acids is 2. The average Bonchev–Trinajstić information content (AvgIpc) is 3.22. The molecule has 0 spiro atoms. The molecule has 0 radical (unpaired) electrons. The van der Waals surface area contributed by atoms with E-state index in [1.165, 1.54) is 57.4 Å². The van der Waals surface area contributed by atoms with Crippen LogP contribution >= 0.6 is 15.6 Å². The Hall–Kier alpha value is -2.48. The molecule has 0 bridgehead atoms. The Morgan fingerprint density at radius 3 is 1.64 bits per heavy atom. The van der Waals surface area contributed by atoms with Crippen LogP contribution in [0, 0.1) is 5.92 Å². The first-order valence-corrected chi connectivity index (χ1v) is 25.2. The molecule has 0 aliphatic carbocycles. The Bertz CT molecular complexity index is 1390. The summed E-state index contributed by atoms with van der Waals surface area (Å²) >= 11 is 0. The van der Waals surface area contributed by atoms with Gasteiger partial charge in [-0.25, -0.2) is 9.13 Å². The Morgan fingerprint density at radius 1 is 0.574 bits per heavy atom. The summed E-state index contributed by atoms with van der Waals surface area (Å²) in [5.74, 6) is -0.506. The molecule has 352 valence electrons. The Balaban J connectivity index is 4.77. The highest BCUT2D eigenvalue weighted by Crippen LogP contribution is 2.43. The lowest BCUT2D eigenvalue weighted by Crippen LogP contribution is -2.30. The van der Waals surface area contributed by atoms with Crippen LogP contribution in [-0.2, 0) is 41.8 Å². The number of ether oxygens (including phenoxy) is 2. The molecule has 0 aromatic heterocycles. The zero-order valence-electron chi connectivity index (χ0n) is 37.0. The second-order valence-corrected chi connectivity index (χ2v) is 17.7. The van der Waals surface area contributed by atoms with E-state index in [0.29, 0.717) is 12.8 Å². The molecule has 3 unspecified atom stereocenters. The first kappa shape index (κ1) is 58.5. The van der Waals surface area contributed by atoms with E-state index in [0.717, 1.165) is 50.9 Å². The van der Waals surface area contributed by atoms with Crippen LogP contribution in [0.5, 0.6) is 0 Å². The van der Waals surface area contributed by atoms with Crippen molar-refractivity contribution in [1.82, 2.24) is 0 Å². The third kappa shape index (κ3) is 42.6. The molecule has 0 aliphatic heterocycles. The van der Waals surface area contributed by atoms with Crippen molar-refractivity contribution >= 4 is 27.6 Å². The number of hydrogen-bond acceptors (Lipinski definition) is 11. The molecule has 16 heteroatoms. The smallest absolute Gasteiger partial charge is 0.462 e. The SMILES string of the molecule is CC/C=C\C/C=C\C/C=C\C/C=C\C/C=C\C=C/C(O)CCC(=O)O[C@H](COC(=O)CCCCCCCCCCCCC(C)CC)COP(=O)(O)OC[C@@H](O)COP(=O)(O)O. The Labute approximate surface area is 366 Å². The highest BCUT2D eigenvalue weighted by Gasteiger charge is 2.28. The quantitative estimate of drug-likeness (QED) is 0.0127. The molecular formula is C45H78O14P2. The number of aliphatic hydroxyl groups is 2. The highest BCUT2D eigenvalue weighted by atomic mass is 31.2. The predicted octanol–water partition coefficient (Wildman–Crippen LogP) is 10.2. The maximum Gasteiger partial charge on any atom is 0.472 e. The first-order valence-electron chi connectivity index (χ1n) is 22.1. The number of rotatable bonds is 40. The fraction of sp³-hybridized carbons (Fsp3) is 0.689. The predicted molar refractivity (Wildman–Crippen MR) is 240 cm³/mol. The van der Waals surface area contributed by atoms with Gasteiger partial charge >= 0.3 is 27.6 Å². The van der Waals surface area contributed by atoms with Crippen LogP contribution in [0.1, 0.15) is 149 Å². The molecule has 61 heavy (non-hydrogen) atoms. The van der Waals surface area contributed by atoms with Crippen LogP contribution in [0.25, 0.3) is 0 Å². The van der Waals surface area contributed by atoms with E-state index >= 15 is 0 Å². The maximum atomic E-state index is 12.7. The van der Waals surface area contributed by atoms with Crippen molar-refractivity contribution in [3.8, 4) is 0 Å². The minimum Gasteiger partial charge on any atom is -0.462 e. The molecule has 0 heterocycles. The summed E-state index contributed by atoms with van der Waals surface area (Å²) in [7, 11) is -9.77. The van der Waals surface area contributed by atoms with Gasteiger partial charge in [0.1, 0.15) is 12.7 Å². The number of hydrogen-bond donors (Lipinski definition) is 5. The van der Waals surface area contributed by atoms with Crippen LogP contribution in [0.2, 0.25) is 0 Å². The fourth-order valence-corrected chi connectivity index (χ4v) is 6.65. The van der Waals surface area contributed by atoms with E-state index in [1.807, 2.05) is 12.2 Å². The second kappa shape index (κ2) is 39.1. The Kier molecular flexibility index (Phi) is 37.5. The summed E-state index contributed by atoms with van der Waals surface area (Å²) in [6, 6.07) is 0. The molecule has 0 rings (SSSR count). The largest absolute Gasteiger partial charge is 0.472 e. The van der Waals surface area contributed by atoms with Crippen LogP contribution < -0.4 is 0 Å². The van der Waals surface area contributed by atoms with Crippen LogP contribution in [0.3, 0.4) is 0 Å². The van der Waals surface area contributed by atoms with Crippen molar-refractivity contribution in [2.75, 3.05) is 26.4 Å². The van der Waals surface area contributed by atoms with E-state index in [9.17, 15) is 33.8 Å². The number of carbonyl (C=O) groups is 2. The summed E-state index contributed by atoms with van der Waals surface area (Å²) in [5.41, 5.74) is 0. The van der Waals surface area contributed by atoms with Gasteiger partial charge in [0, 0.05) is 12.8 Å². The lowest BCUT2D eigenvalue weighted by atomic mass is 9.99. The molecule has 0 amide bonds. The number of aliphatic hydroxyl groups excluding tert-OH is 2. The van der Waals surface area contributed by atoms with Crippen molar-refractivity contribution in [2.45, 2.75) is 167 Å². The summed E-state index contributed by atoms with van der Waals surface area (Å²) in [4.78, 5) is 52.7. The molecule has 0 aromatic rings. The van der Waals surface area contributed by atoms with Gasteiger partial charge in [0.05, 0.1) is 25.9 Å². The van der Waals surface area contributed by atoms with Crippen LogP contribution in [0.15, 0.2) is 72.9 Å². The fourth-order valence-electron chi connectivity index (χ4n) is 5.49. The molecular weight excluding hydrogens is 826 g/mol. The molecule has 0 saturated carbocycles. The molecule has 5 atom stereocenters. The molecule has 5 N–H and O–H groups in total. The van der Waals surface area contributed by atoms with Crippen molar-refractivity contribution in [3.63, 3.8) is 0 Å². The van der Waals surface area contributed by atoms with E-state index in [2.05, 4.69) is 72.4 Å². The normalized spacial score (nSPS) is 15.7. The Morgan fingerprint density at radius 2 is 1.08 bits per heavy atom. The first-order chi connectivity index (χ1) is 29.2. The maximum absolute atomic E-state index is 12.7. The van der Waals surface area contributed by atoms with Gasteiger partial charge in [-0.15, -0.1) is 0 Å². The van der Waals surface area contributed by atoms with Crippen molar-refractivity contribution in [1.29, 1.82) is 0 Å². The lowest BCUT2D eigenvalue weighted by molar-refractivity contribution is -0.161. The number of phosphoric ester groups is 2. The highest BCUT2D eigenvalue weighted by molar-refractivity contribution is 7.47. The number of unbranched alkanes of at least 4 members (excludes halogenated alkanes) is 9. The second-order valence-electron chi connectivity index (χ2n) is 15.0. The van der Waals surface area contributed by atoms with Gasteiger partial charge in [-0.05, 0) is 50.9 Å². The van der Waals surface area contributed by atoms with Crippen molar-refractivity contribution in [2.24, 2.45) is 5.92 Å². The zero-order chi connectivity index (χ0) is 45.5. The average molecular weight is 905 g/mol. The van der Waals surface area contributed by atoms with Gasteiger partial charge in [0.2, 0.25) is 0 Å². The van der Waals surface area contributed by atoms with Gasteiger partial charge < -0.3 is 34.4 Å². The van der Waals surface area contributed by atoms with E-state index in [1.54, 1.807) is 12.2 Å². The van der Waals surface area contributed by atoms with Gasteiger partial charge in [0.15, 0.2) is 6.10 Å². The summed E-state index contributed by atoms with van der Waals surface area (Å²) in [5, 5.41) is 20.1. The number of allylic oxidation sites excluding steroid dienone is 11. The zero-order valence-corrected chi connectivity index (χ0v) is 38.8. The van der Waals surface area contributed by atoms with Gasteiger partial charge in [-0.1, -0.05) is 164 Å². The van der Waals surface area contributed by atoms with Crippen LogP contribution in [-0.4, -0.2) is 81.6 Å². The van der Waals surface area contributed by atoms with E-state index < -0.39 is 72.3 Å². The van der Waals surface area contributed by atoms with Crippen LogP contribution in [0.4, 0.5) is 0 Å². The molecule has 0 aliphatic rings. The summed E-state index contributed by atoms with van der Waals surface area (Å²) in [6.45, 7) is 3.69. The minimum absolute atomic E-state index is 0.0158. The van der Waals surface area contributed by atoms with Crippen molar-refractivity contribution in [3.05, 3.63) is 72.9 Å². The van der Waals surface area contributed by atoms with E-state index in [-0.39, 0.29) is 19.3 Å². The molecule has 0 fully saturated rings. The molecule has 14 nitrogen and oxygen atoms in total. The standard InChI is InChI=1S/C45H78O14P2/c1-4-6-7-8-9-10-11-12-13-14-15-16-20-23-26-29-32-41(46)34-35-45(49)59-43(39-58-61(53,54)57-37-42(47)36-56-60(50,51)52)38-55-44(48)33-30-27-24-21-18-17-19-22-25-28-31-40(3)5-2/h6-7,9-10,12-13,15-16,23,26,29,32,40-43,46-47H,4-5,8,11,14,17-22,24-25,27-28,30-31,33-39H2,1-3H3,(H,53,54)(H2,50,51,52)/b7-6-,10-9-,13-12-,16-15-,26-23-,32-29-/t40?,41?,42-,43+/m0/s1. The minimum atomic E-state index is -4.89. The van der Waals surface area contributed by atoms with Gasteiger partial charge in [-0.3, -0.25) is 23.2 Å². The van der Waals surface area contributed by atoms with Gasteiger partial charge in [0.25, 0.3) is 0 Å². The molecule has 0 saturated heterocycles. The van der Waals surface area contributed by atoms with Gasteiger partial charge in [-0.2, -0.15) is 0 Å². The van der Waals surface area contributed by atoms with Crippen molar-refractivity contribution < 1.29 is 66.7 Å². The third-order valence-corrected chi connectivity index (χ3v) is 10.7. The number of phosphoric acid groups is 2. The number of esters is 2. The van der Waals surface area contributed by atoms with E-state index in [4.69, 9.17) is 23.8 Å². The summed E-state index contributed by atoms with van der Waals surface area (Å²) in [6.07, 6.45) is 38.0. The monoisotopic (exact) mass is 904 g/mol. The summed E-state index contributed by atoms with van der Waals surface area (Å²) < 4.78 is 47.6. The topological polar surface area (TPSA) is 216 Å². The lowest BCUT2D eigenvalue weighted by Gasteiger charge is -2.20. The molecule has 0 aromatic carbocycles. The third-order valence-electron chi connectivity index (χ3n) is 9.26.